The van der Waals surface area contributed by atoms with Gasteiger partial charge < -0.3 is 9.42 Å². The van der Waals surface area contributed by atoms with E-state index in [2.05, 4.69) is 25.6 Å². The van der Waals surface area contributed by atoms with E-state index < -0.39 is 0 Å². The van der Waals surface area contributed by atoms with Gasteiger partial charge in [-0.25, -0.2) is 0 Å². The summed E-state index contributed by atoms with van der Waals surface area (Å²) < 4.78 is 5.02. The molecule has 1 amide bonds. The highest BCUT2D eigenvalue weighted by Gasteiger charge is 2.26. The Labute approximate surface area is 128 Å². The number of rotatable bonds is 3. The molecule has 1 N–H and O–H groups in total. The fraction of sp³-hybridized carbons (Fsp3) is 0.467. The number of hydrogen-bond donors (Lipinski definition) is 1. The Bertz CT molecular complexity index is 644. The highest BCUT2D eigenvalue weighted by molar-refractivity contribution is 5.91. The molecule has 1 aliphatic heterocycles. The van der Waals surface area contributed by atoms with Crippen LogP contribution in [0.3, 0.4) is 0 Å². The van der Waals surface area contributed by atoms with Crippen LogP contribution >= 0.6 is 0 Å². The maximum absolute atomic E-state index is 12.2. The lowest BCUT2D eigenvalue weighted by Gasteiger charge is -2.31. The zero-order valence-electron chi connectivity index (χ0n) is 12.7. The van der Waals surface area contributed by atoms with Crippen molar-refractivity contribution in [2.75, 3.05) is 23.3 Å². The molecule has 0 spiro atoms. The first-order chi connectivity index (χ1) is 10.6. The Balaban J connectivity index is 1.54. The van der Waals surface area contributed by atoms with Crippen LogP contribution in [0.15, 0.2) is 22.7 Å². The predicted molar refractivity (Wildman–Crippen MR) is 81.6 cm³/mol. The quantitative estimate of drug-likeness (QED) is 0.932. The first-order valence-electron chi connectivity index (χ1n) is 7.41. The maximum atomic E-state index is 12.2. The third kappa shape index (κ3) is 3.24. The summed E-state index contributed by atoms with van der Waals surface area (Å²) in [5.41, 5.74) is 1.66. The first kappa shape index (κ1) is 14.5. The van der Waals surface area contributed by atoms with Crippen molar-refractivity contribution >= 4 is 17.6 Å². The highest BCUT2D eigenvalue weighted by atomic mass is 16.5. The molecule has 0 bridgehead atoms. The lowest BCUT2D eigenvalue weighted by Crippen LogP contribution is -2.38. The molecule has 0 aromatic carbocycles. The molecule has 0 radical (unpaired) electrons. The number of nitrogens with zero attached hydrogens (tertiary/aromatic N) is 4. The van der Waals surface area contributed by atoms with Crippen molar-refractivity contribution in [1.82, 2.24) is 15.4 Å². The van der Waals surface area contributed by atoms with Gasteiger partial charge in [0.2, 0.25) is 11.8 Å². The Morgan fingerprint density at radius 1 is 1.23 bits per heavy atom. The maximum Gasteiger partial charge on any atom is 0.231 e. The molecule has 0 aliphatic carbocycles. The molecule has 1 aliphatic rings. The zero-order chi connectivity index (χ0) is 15.5. The van der Waals surface area contributed by atoms with E-state index in [4.69, 9.17) is 4.52 Å². The summed E-state index contributed by atoms with van der Waals surface area (Å²) in [4.78, 5) is 14.4. The van der Waals surface area contributed by atoms with Crippen LogP contribution in [0.5, 0.6) is 0 Å². The van der Waals surface area contributed by atoms with Gasteiger partial charge in [0.1, 0.15) is 0 Å². The predicted octanol–water partition coefficient (Wildman–Crippen LogP) is 1.94. The lowest BCUT2D eigenvalue weighted by molar-refractivity contribution is -0.120. The molecule has 3 heterocycles. The van der Waals surface area contributed by atoms with Gasteiger partial charge in [0, 0.05) is 25.1 Å². The average molecular weight is 301 g/mol. The summed E-state index contributed by atoms with van der Waals surface area (Å²) in [5.74, 6) is 1.26. The van der Waals surface area contributed by atoms with E-state index in [1.165, 1.54) is 0 Å². The van der Waals surface area contributed by atoms with Crippen LogP contribution in [-0.2, 0) is 4.79 Å². The molecule has 116 valence electrons. The van der Waals surface area contributed by atoms with Crippen molar-refractivity contribution in [3.8, 4) is 0 Å². The van der Waals surface area contributed by atoms with Gasteiger partial charge in [-0.3, -0.25) is 10.1 Å². The third-order valence-electron chi connectivity index (χ3n) is 3.85. The van der Waals surface area contributed by atoms with Crippen LogP contribution in [0.4, 0.5) is 11.7 Å². The van der Waals surface area contributed by atoms with Crippen molar-refractivity contribution in [2.24, 2.45) is 5.92 Å². The minimum absolute atomic E-state index is 0.00853. The van der Waals surface area contributed by atoms with Gasteiger partial charge in [0.05, 0.1) is 11.4 Å². The van der Waals surface area contributed by atoms with E-state index in [1.807, 2.05) is 26.0 Å². The van der Waals surface area contributed by atoms with Crippen LogP contribution in [0.1, 0.15) is 24.2 Å². The number of carbonyl (C=O) groups is 1. The molecule has 2 aromatic rings. The molecular weight excluding hydrogens is 282 g/mol. The van der Waals surface area contributed by atoms with E-state index in [-0.39, 0.29) is 11.8 Å². The van der Waals surface area contributed by atoms with Crippen LogP contribution in [0.2, 0.25) is 0 Å². The normalized spacial score (nSPS) is 15.8. The second-order valence-corrected chi connectivity index (χ2v) is 5.62. The van der Waals surface area contributed by atoms with Gasteiger partial charge in [0.15, 0.2) is 5.82 Å². The fourth-order valence-electron chi connectivity index (χ4n) is 2.58. The molecule has 0 saturated carbocycles. The number of amides is 1. The molecule has 0 unspecified atom stereocenters. The molecule has 7 nitrogen and oxygen atoms in total. The monoisotopic (exact) mass is 301 g/mol. The minimum atomic E-state index is -0.0138. The van der Waals surface area contributed by atoms with E-state index in [0.29, 0.717) is 5.88 Å². The molecule has 1 fully saturated rings. The number of piperidine rings is 1. The second-order valence-electron chi connectivity index (χ2n) is 5.62. The number of nitrogens with one attached hydrogen (secondary N) is 1. The van der Waals surface area contributed by atoms with Crippen LogP contribution in [-0.4, -0.2) is 34.4 Å². The number of aromatic nitrogens is 3. The van der Waals surface area contributed by atoms with E-state index in [9.17, 15) is 4.79 Å². The highest BCUT2D eigenvalue weighted by Crippen LogP contribution is 2.23. The van der Waals surface area contributed by atoms with E-state index >= 15 is 0 Å². The van der Waals surface area contributed by atoms with Crippen LogP contribution in [0, 0.1) is 19.8 Å². The summed E-state index contributed by atoms with van der Waals surface area (Å²) in [6.07, 6.45) is 1.57. The molecule has 7 heteroatoms. The van der Waals surface area contributed by atoms with Crippen molar-refractivity contribution in [2.45, 2.75) is 26.7 Å². The Kier molecular flexibility index (Phi) is 4.04. The van der Waals surface area contributed by atoms with Crippen LogP contribution in [0.25, 0.3) is 0 Å². The molecule has 3 rings (SSSR count). The van der Waals surface area contributed by atoms with Crippen LogP contribution < -0.4 is 10.2 Å². The van der Waals surface area contributed by atoms with E-state index in [1.54, 1.807) is 6.07 Å². The van der Waals surface area contributed by atoms with Gasteiger partial charge in [-0.15, -0.1) is 5.10 Å². The number of aryl methyl sites for hydroxylation is 2. The lowest BCUT2D eigenvalue weighted by atomic mass is 9.96. The van der Waals surface area contributed by atoms with E-state index in [0.717, 1.165) is 43.1 Å². The van der Waals surface area contributed by atoms with Gasteiger partial charge in [-0.1, -0.05) is 5.16 Å². The van der Waals surface area contributed by atoms with Crippen molar-refractivity contribution in [1.29, 1.82) is 0 Å². The summed E-state index contributed by atoms with van der Waals surface area (Å²) in [6.45, 7) is 5.33. The average Bonchev–Trinajstić information content (AvgIpc) is 2.93. The minimum Gasteiger partial charge on any atom is -0.355 e. The molecule has 0 atom stereocenters. The number of carbonyl (C=O) groups excluding carboxylic acids is 1. The van der Waals surface area contributed by atoms with Crippen molar-refractivity contribution in [3.05, 3.63) is 29.6 Å². The summed E-state index contributed by atoms with van der Waals surface area (Å²) >= 11 is 0. The Hall–Kier alpha value is -2.44. The zero-order valence-corrected chi connectivity index (χ0v) is 12.7. The van der Waals surface area contributed by atoms with Crippen molar-refractivity contribution in [3.63, 3.8) is 0 Å². The molecular formula is C15H19N5O2. The Morgan fingerprint density at radius 2 is 2.00 bits per heavy atom. The summed E-state index contributed by atoms with van der Waals surface area (Å²) in [7, 11) is 0. The second kappa shape index (κ2) is 6.13. The first-order valence-corrected chi connectivity index (χ1v) is 7.41. The van der Waals surface area contributed by atoms with Gasteiger partial charge >= 0.3 is 0 Å². The molecule has 22 heavy (non-hydrogen) atoms. The van der Waals surface area contributed by atoms with Gasteiger partial charge in [0.25, 0.3) is 0 Å². The summed E-state index contributed by atoms with van der Waals surface area (Å²) in [5, 5.41) is 14.8. The third-order valence-corrected chi connectivity index (χ3v) is 3.85. The number of anilines is 2. The largest absolute Gasteiger partial charge is 0.355 e. The molecule has 1 saturated heterocycles. The number of hydrogen-bond acceptors (Lipinski definition) is 6. The Morgan fingerprint density at radius 3 is 2.59 bits per heavy atom. The van der Waals surface area contributed by atoms with Gasteiger partial charge in [-0.2, -0.15) is 5.10 Å². The summed E-state index contributed by atoms with van der Waals surface area (Å²) in [6, 6.07) is 5.64. The fourth-order valence-corrected chi connectivity index (χ4v) is 2.58. The molecule has 2 aromatic heterocycles. The smallest absolute Gasteiger partial charge is 0.231 e. The SMILES string of the molecule is Cc1ccc(N2CCC(C(=O)Nc3cc(C)no3)CC2)nn1. The topological polar surface area (TPSA) is 84.2 Å². The van der Waals surface area contributed by atoms with Crippen molar-refractivity contribution < 1.29 is 9.32 Å². The standard InChI is InChI=1S/C15H19N5O2/c1-10-3-4-13(18-17-10)20-7-5-12(6-8-20)15(21)16-14-9-11(2)19-22-14/h3-4,9,12H,5-8H2,1-2H3,(H,16,21). The van der Waals surface area contributed by atoms with Gasteiger partial charge in [-0.05, 0) is 38.8 Å².